The van der Waals surface area contributed by atoms with Crippen LogP contribution < -0.4 is 0 Å². The summed E-state index contributed by atoms with van der Waals surface area (Å²) in [5.74, 6) is -0.436. The summed E-state index contributed by atoms with van der Waals surface area (Å²) in [5.41, 5.74) is 2.74. The molecule has 0 aromatic carbocycles. The van der Waals surface area contributed by atoms with Crippen molar-refractivity contribution in [3.05, 3.63) is 17.0 Å². The van der Waals surface area contributed by atoms with E-state index in [-0.39, 0.29) is 11.9 Å². The first-order valence-corrected chi connectivity index (χ1v) is 4.76. The smallest absolute Gasteiger partial charge is 0.313 e. The summed E-state index contributed by atoms with van der Waals surface area (Å²) in [6.45, 7) is 7.85. The molecule has 0 amide bonds. The van der Waals surface area contributed by atoms with Gasteiger partial charge in [0.05, 0.1) is 18.2 Å². The van der Waals surface area contributed by atoms with Gasteiger partial charge in [-0.3, -0.25) is 9.89 Å². The minimum Gasteiger partial charge on any atom is -0.466 e. The summed E-state index contributed by atoms with van der Waals surface area (Å²) in [4.78, 5) is 11.5. The van der Waals surface area contributed by atoms with Gasteiger partial charge in [-0.25, -0.2) is 0 Å². The van der Waals surface area contributed by atoms with Crippen LogP contribution in [0.15, 0.2) is 0 Å². The fraction of sp³-hybridized carbons (Fsp3) is 0.600. The van der Waals surface area contributed by atoms with Crippen LogP contribution >= 0.6 is 0 Å². The Hall–Kier alpha value is -1.32. The van der Waals surface area contributed by atoms with Gasteiger partial charge < -0.3 is 4.74 Å². The quantitative estimate of drug-likeness (QED) is 0.748. The Labute approximate surface area is 83.7 Å². The maximum Gasteiger partial charge on any atom is 0.313 e. The zero-order valence-electron chi connectivity index (χ0n) is 9.05. The van der Waals surface area contributed by atoms with Crippen LogP contribution in [0.5, 0.6) is 0 Å². The fourth-order valence-electron chi connectivity index (χ4n) is 1.58. The Morgan fingerprint density at radius 1 is 1.57 bits per heavy atom. The number of hydrogen-bond acceptors (Lipinski definition) is 3. The Balaban J connectivity index is 2.88. The highest BCUT2D eigenvalue weighted by Crippen LogP contribution is 2.22. The predicted molar refractivity (Wildman–Crippen MR) is 53.1 cm³/mol. The largest absolute Gasteiger partial charge is 0.466 e. The summed E-state index contributed by atoms with van der Waals surface area (Å²) in [7, 11) is 0. The average molecular weight is 196 g/mol. The molecule has 0 fully saturated rings. The molecule has 1 rings (SSSR count). The maximum absolute atomic E-state index is 11.5. The van der Waals surface area contributed by atoms with Crippen molar-refractivity contribution in [2.24, 2.45) is 0 Å². The van der Waals surface area contributed by atoms with Crippen molar-refractivity contribution in [2.75, 3.05) is 6.61 Å². The van der Waals surface area contributed by atoms with Gasteiger partial charge >= 0.3 is 5.97 Å². The zero-order chi connectivity index (χ0) is 10.7. The van der Waals surface area contributed by atoms with Crippen LogP contribution in [-0.4, -0.2) is 22.8 Å². The minimum absolute atomic E-state index is 0.194. The molecule has 0 aliphatic heterocycles. The van der Waals surface area contributed by atoms with Gasteiger partial charge in [0.15, 0.2) is 0 Å². The first-order chi connectivity index (χ1) is 6.57. The molecule has 0 aliphatic carbocycles. The Bertz CT molecular complexity index is 311. The van der Waals surface area contributed by atoms with Crippen LogP contribution in [-0.2, 0) is 9.53 Å². The van der Waals surface area contributed by atoms with Gasteiger partial charge in [-0.2, -0.15) is 5.10 Å². The molecule has 14 heavy (non-hydrogen) atoms. The van der Waals surface area contributed by atoms with E-state index in [0.717, 1.165) is 17.0 Å². The molecule has 4 heteroatoms. The van der Waals surface area contributed by atoms with Gasteiger partial charge in [-0.1, -0.05) is 0 Å². The SMILES string of the molecule is CCOC(=O)C(C)c1c(C)n[nH]c1C. The van der Waals surface area contributed by atoms with Crippen molar-refractivity contribution < 1.29 is 9.53 Å². The summed E-state index contributed by atoms with van der Waals surface area (Å²) >= 11 is 0. The monoisotopic (exact) mass is 196 g/mol. The van der Waals surface area contributed by atoms with Crippen LogP contribution in [0.3, 0.4) is 0 Å². The number of carbonyl (C=O) groups is 1. The molecule has 78 valence electrons. The molecule has 0 saturated heterocycles. The summed E-state index contributed by atoms with van der Waals surface area (Å²) in [6, 6.07) is 0. The molecule has 1 heterocycles. The van der Waals surface area contributed by atoms with E-state index in [0.29, 0.717) is 6.61 Å². The molecule has 4 nitrogen and oxygen atoms in total. The van der Waals surface area contributed by atoms with Crippen molar-refractivity contribution in [3.63, 3.8) is 0 Å². The highest BCUT2D eigenvalue weighted by molar-refractivity contribution is 5.78. The third kappa shape index (κ3) is 1.95. The first kappa shape index (κ1) is 10.8. The molecule has 1 unspecified atom stereocenters. The van der Waals surface area contributed by atoms with Crippen LogP contribution in [0.25, 0.3) is 0 Å². The van der Waals surface area contributed by atoms with Gasteiger partial charge in [0.2, 0.25) is 0 Å². The van der Waals surface area contributed by atoms with Gasteiger partial charge in [0.1, 0.15) is 0 Å². The molecular weight excluding hydrogens is 180 g/mol. The highest BCUT2D eigenvalue weighted by Gasteiger charge is 2.21. The van der Waals surface area contributed by atoms with Gasteiger partial charge in [0, 0.05) is 11.3 Å². The number of aromatic amines is 1. The Morgan fingerprint density at radius 2 is 2.21 bits per heavy atom. The number of nitrogens with zero attached hydrogens (tertiary/aromatic N) is 1. The molecule has 0 radical (unpaired) electrons. The van der Waals surface area contributed by atoms with Crippen LogP contribution in [0.1, 0.15) is 36.7 Å². The van der Waals surface area contributed by atoms with Crippen molar-refractivity contribution in [2.45, 2.75) is 33.6 Å². The number of rotatable bonds is 3. The summed E-state index contributed by atoms with van der Waals surface area (Å²) in [6.07, 6.45) is 0. The molecule has 0 aliphatic rings. The summed E-state index contributed by atoms with van der Waals surface area (Å²) in [5, 5.41) is 6.90. The van der Waals surface area contributed by atoms with Crippen LogP contribution in [0.4, 0.5) is 0 Å². The molecule has 1 aromatic heterocycles. The Morgan fingerprint density at radius 3 is 2.64 bits per heavy atom. The zero-order valence-corrected chi connectivity index (χ0v) is 9.05. The molecule has 0 saturated carbocycles. The second-order valence-corrected chi connectivity index (χ2v) is 3.32. The Kier molecular flexibility index (Phi) is 3.28. The highest BCUT2D eigenvalue weighted by atomic mass is 16.5. The average Bonchev–Trinajstić information content (AvgIpc) is 2.46. The normalized spacial score (nSPS) is 12.6. The number of ether oxygens (including phenoxy) is 1. The lowest BCUT2D eigenvalue weighted by Crippen LogP contribution is -2.14. The topological polar surface area (TPSA) is 55.0 Å². The lowest BCUT2D eigenvalue weighted by molar-refractivity contribution is -0.144. The third-order valence-electron chi connectivity index (χ3n) is 2.26. The maximum atomic E-state index is 11.5. The molecule has 0 bridgehead atoms. The van der Waals surface area contributed by atoms with Crippen molar-refractivity contribution >= 4 is 5.97 Å². The minimum atomic E-state index is -0.242. The number of nitrogens with one attached hydrogen (secondary N) is 1. The lowest BCUT2D eigenvalue weighted by atomic mass is 9.99. The van der Waals surface area contributed by atoms with Gasteiger partial charge in [-0.05, 0) is 27.7 Å². The van der Waals surface area contributed by atoms with Gasteiger partial charge in [-0.15, -0.1) is 0 Å². The third-order valence-corrected chi connectivity index (χ3v) is 2.26. The second kappa shape index (κ2) is 4.26. The van der Waals surface area contributed by atoms with Crippen LogP contribution in [0, 0.1) is 13.8 Å². The van der Waals surface area contributed by atoms with E-state index in [2.05, 4.69) is 10.2 Å². The van der Waals surface area contributed by atoms with Crippen molar-refractivity contribution in [3.8, 4) is 0 Å². The lowest BCUT2D eigenvalue weighted by Gasteiger charge is -2.10. The first-order valence-electron chi connectivity index (χ1n) is 4.76. The van der Waals surface area contributed by atoms with E-state index in [1.54, 1.807) is 6.92 Å². The van der Waals surface area contributed by atoms with Crippen LogP contribution in [0.2, 0.25) is 0 Å². The molecule has 1 atom stereocenters. The van der Waals surface area contributed by atoms with E-state index < -0.39 is 0 Å². The predicted octanol–water partition coefficient (Wildman–Crippen LogP) is 1.69. The van der Waals surface area contributed by atoms with Gasteiger partial charge in [0.25, 0.3) is 0 Å². The molecule has 0 spiro atoms. The van der Waals surface area contributed by atoms with E-state index in [1.807, 2.05) is 20.8 Å². The van der Waals surface area contributed by atoms with E-state index in [9.17, 15) is 4.79 Å². The number of aromatic nitrogens is 2. The van der Waals surface area contributed by atoms with E-state index in [1.165, 1.54) is 0 Å². The van der Waals surface area contributed by atoms with Crippen molar-refractivity contribution in [1.82, 2.24) is 10.2 Å². The number of hydrogen-bond donors (Lipinski definition) is 1. The number of H-pyrrole nitrogens is 1. The second-order valence-electron chi connectivity index (χ2n) is 3.32. The number of carbonyl (C=O) groups excluding carboxylic acids is 1. The number of aryl methyl sites for hydroxylation is 2. The van der Waals surface area contributed by atoms with E-state index in [4.69, 9.17) is 4.74 Å². The van der Waals surface area contributed by atoms with Crippen molar-refractivity contribution in [1.29, 1.82) is 0 Å². The fourth-order valence-corrected chi connectivity index (χ4v) is 1.58. The molecular formula is C10H16N2O2. The standard InChI is InChI=1S/C10H16N2O2/c1-5-14-10(13)6(2)9-7(3)11-12-8(9)4/h6H,5H2,1-4H3,(H,11,12). The molecule has 1 aromatic rings. The number of esters is 1. The summed E-state index contributed by atoms with van der Waals surface area (Å²) < 4.78 is 4.96. The molecule has 1 N–H and O–H groups in total. The van der Waals surface area contributed by atoms with E-state index >= 15 is 0 Å².